The van der Waals surface area contributed by atoms with Gasteiger partial charge in [-0.25, -0.2) is 0 Å². The van der Waals surface area contributed by atoms with Crippen molar-refractivity contribution in [1.82, 2.24) is 4.90 Å². The maximum absolute atomic E-state index is 3.77. The Labute approximate surface area is 77.5 Å². The SMILES string of the molecule is C=CCN(CCCC)CCCC. The molecule has 12 heavy (non-hydrogen) atoms. The zero-order valence-corrected chi connectivity index (χ0v) is 8.68. The molecule has 0 rings (SSSR count). The molecular formula is C11H23N. The zero-order chi connectivity index (χ0) is 9.23. The van der Waals surface area contributed by atoms with Gasteiger partial charge in [0.25, 0.3) is 0 Å². The van der Waals surface area contributed by atoms with Gasteiger partial charge in [0.15, 0.2) is 0 Å². The van der Waals surface area contributed by atoms with Crippen molar-refractivity contribution in [1.29, 1.82) is 0 Å². The molecule has 0 heterocycles. The Morgan fingerprint density at radius 1 is 1.08 bits per heavy atom. The van der Waals surface area contributed by atoms with Crippen LogP contribution in [0.3, 0.4) is 0 Å². The summed E-state index contributed by atoms with van der Waals surface area (Å²) in [5.74, 6) is 0. The average Bonchev–Trinajstić information content (AvgIpc) is 2.10. The maximum Gasteiger partial charge on any atom is 0.0160 e. The van der Waals surface area contributed by atoms with Crippen molar-refractivity contribution < 1.29 is 0 Å². The number of unbranched alkanes of at least 4 members (excludes halogenated alkanes) is 2. The summed E-state index contributed by atoms with van der Waals surface area (Å²) < 4.78 is 0. The number of hydrogen-bond acceptors (Lipinski definition) is 1. The minimum absolute atomic E-state index is 1.06. The van der Waals surface area contributed by atoms with Crippen molar-refractivity contribution in [2.45, 2.75) is 39.5 Å². The van der Waals surface area contributed by atoms with Crippen molar-refractivity contribution in [2.24, 2.45) is 0 Å². The topological polar surface area (TPSA) is 3.24 Å². The van der Waals surface area contributed by atoms with Crippen LogP contribution < -0.4 is 0 Å². The van der Waals surface area contributed by atoms with E-state index in [1.54, 1.807) is 0 Å². The van der Waals surface area contributed by atoms with Gasteiger partial charge in [0.2, 0.25) is 0 Å². The highest BCUT2D eigenvalue weighted by atomic mass is 15.1. The first-order valence-electron chi connectivity index (χ1n) is 5.18. The van der Waals surface area contributed by atoms with Gasteiger partial charge in [-0.15, -0.1) is 6.58 Å². The quantitative estimate of drug-likeness (QED) is 0.505. The molecule has 0 aliphatic rings. The monoisotopic (exact) mass is 169 g/mol. The molecule has 0 atom stereocenters. The highest BCUT2D eigenvalue weighted by Gasteiger charge is 1.99. The van der Waals surface area contributed by atoms with Gasteiger partial charge < -0.3 is 0 Å². The van der Waals surface area contributed by atoms with Crippen LogP contribution >= 0.6 is 0 Å². The van der Waals surface area contributed by atoms with Crippen molar-refractivity contribution >= 4 is 0 Å². The van der Waals surface area contributed by atoms with E-state index in [0.29, 0.717) is 0 Å². The lowest BCUT2D eigenvalue weighted by molar-refractivity contribution is 0.292. The van der Waals surface area contributed by atoms with Gasteiger partial charge in [-0.05, 0) is 25.9 Å². The first kappa shape index (κ1) is 11.7. The summed E-state index contributed by atoms with van der Waals surface area (Å²) in [4.78, 5) is 2.49. The Kier molecular flexibility index (Phi) is 8.57. The molecule has 0 aliphatic carbocycles. The van der Waals surface area contributed by atoms with Gasteiger partial charge in [0, 0.05) is 6.54 Å². The van der Waals surface area contributed by atoms with Gasteiger partial charge in [0.05, 0.1) is 0 Å². The Morgan fingerprint density at radius 2 is 1.58 bits per heavy atom. The third kappa shape index (κ3) is 6.41. The molecule has 0 aromatic heterocycles. The van der Waals surface area contributed by atoms with E-state index in [0.717, 1.165) is 6.54 Å². The molecule has 0 bridgehead atoms. The average molecular weight is 169 g/mol. The molecule has 0 amide bonds. The Hall–Kier alpha value is -0.300. The second-order valence-corrected chi connectivity index (χ2v) is 3.30. The van der Waals surface area contributed by atoms with Gasteiger partial charge in [0.1, 0.15) is 0 Å². The Bertz CT molecular complexity index is 91.2. The van der Waals surface area contributed by atoms with Crippen molar-refractivity contribution in [2.75, 3.05) is 19.6 Å². The molecule has 0 unspecified atom stereocenters. The smallest absolute Gasteiger partial charge is 0.0160 e. The summed E-state index contributed by atoms with van der Waals surface area (Å²) in [5, 5.41) is 0. The number of rotatable bonds is 8. The van der Waals surface area contributed by atoms with E-state index in [4.69, 9.17) is 0 Å². The lowest BCUT2D eigenvalue weighted by Gasteiger charge is -2.19. The van der Waals surface area contributed by atoms with Gasteiger partial charge in [-0.1, -0.05) is 32.8 Å². The second-order valence-electron chi connectivity index (χ2n) is 3.30. The van der Waals surface area contributed by atoms with Crippen LogP contribution in [-0.2, 0) is 0 Å². The largest absolute Gasteiger partial charge is 0.300 e. The van der Waals surface area contributed by atoms with Crippen LogP contribution in [0, 0.1) is 0 Å². The summed E-state index contributed by atoms with van der Waals surface area (Å²) in [6.07, 6.45) is 7.22. The fourth-order valence-corrected chi connectivity index (χ4v) is 1.24. The third-order valence-electron chi connectivity index (χ3n) is 2.04. The fraction of sp³-hybridized carbons (Fsp3) is 0.818. The molecule has 0 aliphatic heterocycles. The van der Waals surface area contributed by atoms with E-state index in [-0.39, 0.29) is 0 Å². The second kappa shape index (κ2) is 8.79. The molecular weight excluding hydrogens is 146 g/mol. The first-order valence-corrected chi connectivity index (χ1v) is 5.18. The third-order valence-corrected chi connectivity index (χ3v) is 2.04. The van der Waals surface area contributed by atoms with Crippen LogP contribution in [0.1, 0.15) is 39.5 Å². The van der Waals surface area contributed by atoms with E-state index in [1.165, 1.54) is 38.8 Å². The molecule has 0 radical (unpaired) electrons. The molecule has 1 nitrogen and oxygen atoms in total. The van der Waals surface area contributed by atoms with Crippen molar-refractivity contribution in [3.8, 4) is 0 Å². The number of hydrogen-bond donors (Lipinski definition) is 0. The van der Waals surface area contributed by atoms with Crippen LogP contribution in [0.5, 0.6) is 0 Å². The summed E-state index contributed by atoms with van der Waals surface area (Å²) in [6.45, 7) is 11.8. The van der Waals surface area contributed by atoms with E-state index < -0.39 is 0 Å². The van der Waals surface area contributed by atoms with Gasteiger partial charge in [-0.3, -0.25) is 4.90 Å². The van der Waals surface area contributed by atoms with E-state index in [9.17, 15) is 0 Å². The minimum atomic E-state index is 1.06. The molecule has 0 N–H and O–H groups in total. The van der Waals surface area contributed by atoms with Crippen LogP contribution in [0.15, 0.2) is 12.7 Å². The van der Waals surface area contributed by atoms with Gasteiger partial charge in [-0.2, -0.15) is 0 Å². The molecule has 0 spiro atoms. The minimum Gasteiger partial charge on any atom is -0.300 e. The molecule has 0 fully saturated rings. The van der Waals surface area contributed by atoms with E-state index in [1.807, 2.05) is 6.08 Å². The van der Waals surface area contributed by atoms with Crippen LogP contribution in [0.4, 0.5) is 0 Å². The Morgan fingerprint density at radius 3 is 1.92 bits per heavy atom. The maximum atomic E-state index is 3.77. The van der Waals surface area contributed by atoms with Crippen LogP contribution in [-0.4, -0.2) is 24.5 Å². The van der Waals surface area contributed by atoms with Gasteiger partial charge >= 0.3 is 0 Å². The number of nitrogens with zero attached hydrogens (tertiary/aromatic N) is 1. The lowest BCUT2D eigenvalue weighted by atomic mass is 10.2. The fourth-order valence-electron chi connectivity index (χ4n) is 1.24. The Balaban J connectivity index is 3.46. The molecule has 0 saturated carbocycles. The molecule has 0 saturated heterocycles. The predicted octanol–water partition coefficient (Wildman–Crippen LogP) is 3.07. The highest BCUT2D eigenvalue weighted by molar-refractivity contribution is 4.73. The summed E-state index contributed by atoms with van der Waals surface area (Å²) in [5.41, 5.74) is 0. The van der Waals surface area contributed by atoms with Crippen molar-refractivity contribution in [3.05, 3.63) is 12.7 Å². The highest BCUT2D eigenvalue weighted by Crippen LogP contribution is 1.98. The van der Waals surface area contributed by atoms with E-state index >= 15 is 0 Å². The zero-order valence-electron chi connectivity index (χ0n) is 8.68. The van der Waals surface area contributed by atoms with Crippen LogP contribution in [0.25, 0.3) is 0 Å². The summed E-state index contributed by atoms with van der Waals surface area (Å²) in [6, 6.07) is 0. The molecule has 72 valence electrons. The summed E-state index contributed by atoms with van der Waals surface area (Å²) >= 11 is 0. The van der Waals surface area contributed by atoms with Crippen molar-refractivity contribution in [3.63, 3.8) is 0 Å². The van der Waals surface area contributed by atoms with Crippen LogP contribution in [0.2, 0.25) is 0 Å². The predicted molar refractivity (Wildman–Crippen MR) is 56.5 cm³/mol. The lowest BCUT2D eigenvalue weighted by Crippen LogP contribution is -2.25. The summed E-state index contributed by atoms with van der Waals surface area (Å²) in [7, 11) is 0. The molecule has 0 aromatic carbocycles. The molecule has 1 heteroatoms. The molecule has 0 aromatic rings. The standard InChI is InChI=1S/C11H23N/c1-4-7-10-12(9-6-3)11-8-5-2/h6H,3-5,7-11H2,1-2H3. The first-order chi connectivity index (χ1) is 5.85. The normalized spacial score (nSPS) is 10.6. The van der Waals surface area contributed by atoms with E-state index in [2.05, 4.69) is 25.3 Å².